The molecule has 10 heteroatoms. The molecule has 180 valence electrons. The Kier molecular flexibility index (Phi) is 7.54. The number of ether oxygens (including phenoxy) is 1. The van der Waals surface area contributed by atoms with Crippen molar-refractivity contribution in [2.45, 2.75) is 103 Å². The molecule has 8 nitrogen and oxygen atoms in total. The SMILES string of the molecule is CC(C)(C)[Si](C)(C)OC[C@H]1O[C@@H](n2c(C#N)cc(=O)[nH]c2=O)C[C@@H]1O[Si](C)(C)C(C)(C)C. The van der Waals surface area contributed by atoms with Gasteiger partial charge in [-0.15, -0.1) is 0 Å². The summed E-state index contributed by atoms with van der Waals surface area (Å²) in [5.41, 5.74) is -1.29. The quantitative estimate of drug-likeness (QED) is 0.613. The molecule has 0 amide bonds. The Morgan fingerprint density at radius 1 is 1.12 bits per heavy atom. The Bertz CT molecular complexity index is 979. The van der Waals surface area contributed by atoms with E-state index in [1.165, 1.54) is 4.57 Å². The summed E-state index contributed by atoms with van der Waals surface area (Å²) in [4.78, 5) is 26.4. The topological polar surface area (TPSA) is 106 Å². The molecular weight excluding hydrogens is 442 g/mol. The van der Waals surface area contributed by atoms with Gasteiger partial charge in [0.15, 0.2) is 16.6 Å². The van der Waals surface area contributed by atoms with Crippen LogP contribution in [0, 0.1) is 11.3 Å². The van der Waals surface area contributed by atoms with Gasteiger partial charge in [-0.3, -0.25) is 14.3 Å². The van der Waals surface area contributed by atoms with Crippen LogP contribution in [0.4, 0.5) is 0 Å². The highest BCUT2D eigenvalue weighted by atomic mass is 28.4. The third kappa shape index (κ3) is 5.69. The van der Waals surface area contributed by atoms with Crippen LogP contribution in [0.25, 0.3) is 0 Å². The van der Waals surface area contributed by atoms with Crippen molar-refractivity contribution in [3.05, 3.63) is 32.6 Å². The minimum Gasteiger partial charge on any atom is -0.414 e. The van der Waals surface area contributed by atoms with Crippen LogP contribution in [0.15, 0.2) is 15.7 Å². The standard InChI is InChI=1S/C22H39N3O5Si2/c1-21(2,3)31(7,8)28-14-17-16(30-32(9,10)22(4,5)6)12-19(29-17)25-15(13-23)11-18(26)24-20(25)27/h11,16-17,19H,12,14H2,1-10H3,(H,24,26,27)/t16-,17+,19+/m0/s1. The van der Waals surface area contributed by atoms with E-state index in [9.17, 15) is 14.9 Å². The van der Waals surface area contributed by atoms with Gasteiger partial charge in [0.25, 0.3) is 5.56 Å². The Hall–Kier alpha value is -1.52. The molecule has 0 bridgehead atoms. The molecule has 2 rings (SSSR count). The van der Waals surface area contributed by atoms with Crippen LogP contribution in [0.1, 0.15) is 59.9 Å². The van der Waals surface area contributed by atoms with E-state index in [4.69, 9.17) is 13.6 Å². The van der Waals surface area contributed by atoms with Crippen molar-refractivity contribution in [3.63, 3.8) is 0 Å². The van der Waals surface area contributed by atoms with Crippen LogP contribution in [0.5, 0.6) is 0 Å². The summed E-state index contributed by atoms with van der Waals surface area (Å²) in [6.07, 6.45) is -0.972. The van der Waals surface area contributed by atoms with E-state index >= 15 is 0 Å². The third-order valence-corrected chi connectivity index (χ3v) is 16.2. The van der Waals surface area contributed by atoms with Gasteiger partial charge in [-0.1, -0.05) is 41.5 Å². The second-order valence-corrected chi connectivity index (χ2v) is 21.2. The van der Waals surface area contributed by atoms with E-state index in [1.807, 2.05) is 6.07 Å². The van der Waals surface area contributed by atoms with Crippen LogP contribution in [0.3, 0.4) is 0 Å². The zero-order valence-electron chi connectivity index (χ0n) is 21.2. The summed E-state index contributed by atoms with van der Waals surface area (Å²) >= 11 is 0. The summed E-state index contributed by atoms with van der Waals surface area (Å²) in [7, 11) is -4.16. The van der Waals surface area contributed by atoms with Gasteiger partial charge >= 0.3 is 5.69 Å². The summed E-state index contributed by atoms with van der Waals surface area (Å²) in [5.74, 6) is 0. The molecule has 0 unspecified atom stereocenters. The molecule has 1 aliphatic rings. The second kappa shape index (κ2) is 9.02. The number of aromatic amines is 1. The van der Waals surface area contributed by atoms with E-state index in [2.05, 4.69) is 72.7 Å². The molecule has 0 aliphatic carbocycles. The first kappa shape index (κ1) is 26.7. The third-order valence-electron chi connectivity index (χ3n) is 7.23. The zero-order valence-corrected chi connectivity index (χ0v) is 23.2. The predicted molar refractivity (Wildman–Crippen MR) is 130 cm³/mol. The molecule has 1 fully saturated rings. The maximum Gasteiger partial charge on any atom is 0.331 e. The molecule has 1 aromatic rings. The monoisotopic (exact) mass is 481 g/mol. The first-order chi connectivity index (χ1) is 14.4. The van der Waals surface area contributed by atoms with Crippen molar-refractivity contribution >= 4 is 16.6 Å². The number of nitrogens with one attached hydrogen (secondary N) is 1. The fraction of sp³-hybridized carbons (Fsp3) is 0.773. The average Bonchev–Trinajstić information content (AvgIpc) is 2.98. The Morgan fingerprint density at radius 2 is 1.69 bits per heavy atom. The van der Waals surface area contributed by atoms with E-state index < -0.39 is 34.1 Å². The molecule has 0 spiro atoms. The van der Waals surface area contributed by atoms with Crippen LogP contribution < -0.4 is 11.2 Å². The molecule has 0 saturated carbocycles. The number of hydrogen-bond donors (Lipinski definition) is 1. The fourth-order valence-electron chi connectivity index (χ4n) is 3.07. The highest BCUT2D eigenvalue weighted by molar-refractivity contribution is 6.74. The number of rotatable bonds is 6. The van der Waals surface area contributed by atoms with Gasteiger partial charge in [0.1, 0.15) is 24.1 Å². The molecule has 1 saturated heterocycles. The summed E-state index contributed by atoms with van der Waals surface area (Å²) in [5, 5.41) is 9.54. The lowest BCUT2D eigenvalue weighted by atomic mass is 10.2. The maximum atomic E-state index is 12.5. The highest BCUT2D eigenvalue weighted by Gasteiger charge is 2.47. The lowest BCUT2D eigenvalue weighted by Crippen LogP contribution is -2.48. The van der Waals surface area contributed by atoms with Crippen molar-refractivity contribution < 1.29 is 13.6 Å². The molecule has 0 aromatic carbocycles. The van der Waals surface area contributed by atoms with Gasteiger partial charge in [-0.05, 0) is 36.3 Å². The first-order valence-corrected chi connectivity index (χ1v) is 16.9. The van der Waals surface area contributed by atoms with Gasteiger partial charge in [-0.25, -0.2) is 4.79 Å². The first-order valence-electron chi connectivity index (χ1n) is 11.1. The predicted octanol–water partition coefficient (Wildman–Crippen LogP) is 4.11. The number of H-pyrrole nitrogens is 1. The van der Waals surface area contributed by atoms with Gasteiger partial charge in [-0.2, -0.15) is 5.26 Å². The summed E-state index contributed by atoms with van der Waals surface area (Å²) < 4.78 is 20.6. The molecule has 32 heavy (non-hydrogen) atoms. The number of nitriles is 1. The maximum absolute atomic E-state index is 12.5. The number of hydrogen-bond acceptors (Lipinski definition) is 6. The van der Waals surface area contributed by atoms with Crippen LogP contribution in [0.2, 0.25) is 36.3 Å². The fourth-order valence-corrected chi connectivity index (χ4v) is 5.44. The van der Waals surface area contributed by atoms with Crippen molar-refractivity contribution in [2.24, 2.45) is 0 Å². The lowest BCUT2D eigenvalue weighted by Gasteiger charge is -2.40. The van der Waals surface area contributed by atoms with Crippen LogP contribution in [-0.4, -0.2) is 45.0 Å². The minimum absolute atomic E-state index is 0.00254. The second-order valence-electron chi connectivity index (χ2n) is 11.7. The summed E-state index contributed by atoms with van der Waals surface area (Å²) in [6.45, 7) is 22.1. The van der Waals surface area contributed by atoms with E-state index in [0.717, 1.165) is 6.07 Å². The molecule has 1 aliphatic heterocycles. The largest absolute Gasteiger partial charge is 0.414 e. The molecule has 1 N–H and O–H groups in total. The highest BCUT2D eigenvalue weighted by Crippen LogP contribution is 2.42. The molecular formula is C22H39N3O5Si2. The van der Waals surface area contributed by atoms with Gasteiger partial charge in [0.05, 0.1) is 12.7 Å². The van der Waals surface area contributed by atoms with Crippen molar-refractivity contribution in [1.82, 2.24) is 9.55 Å². The zero-order chi connectivity index (χ0) is 24.7. The molecule has 1 aromatic heterocycles. The number of aromatic nitrogens is 2. The van der Waals surface area contributed by atoms with Crippen molar-refractivity contribution in [3.8, 4) is 6.07 Å². The molecule has 3 atom stereocenters. The smallest absolute Gasteiger partial charge is 0.331 e. The van der Waals surface area contributed by atoms with Gasteiger partial charge < -0.3 is 13.6 Å². The van der Waals surface area contributed by atoms with Crippen molar-refractivity contribution in [2.75, 3.05) is 6.61 Å². The Balaban J connectivity index is 2.39. The average molecular weight is 482 g/mol. The Morgan fingerprint density at radius 3 is 2.19 bits per heavy atom. The van der Waals surface area contributed by atoms with Crippen LogP contribution >= 0.6 is 0 Å². The van der Waals surface area contributed by atoms with E-state index in [-0.39, 0.29) is 28.0 Å². The van der Waals surface area contributed by atoms with Gasteiger partial charge in [0.2, 0.25) is 0 Å². The number of nitrogens with zero attached hydrogens (tertiary/aromatic N) is 2. The summed E-state index contributed by atoms with van der Waals surface area (Å²) in [6, 6.07) is 3.06. The van der Waals surface area contributed by atoms with Crippen molar-refractivity contribution in [1.29, 1.82) is 5.26 Å². The Labute approximate surface area is 193 Å². The molecule has 0 radical (unpaired) electrons. The minimum atomic E-state index is -2.13. The van der Waals surface area contributed by atoms with Crippen LogP contribution in [-0.2, 0) is 13.6 Å². The van der Waals surface area contributed by atoms with E-state index in [0.29, 0.717) is 13.0 Å². The van der Waals surface area contributed by atoms with Gasteiger partial charge in [0, 0.05) is 12.5 Å². The van der Waals surface area contributed by atoms with E-state index in [1.54, 1.807) is 0 Å². The molecule has 2 heterocycles. The lowest BCUT2D eigenvalue weighted by molar-refractivity contribution is -0.0415. The normalized spacial score (nSPS) is 22.7.